The molecule has 0 saturated heterocycles. The number of hydrogen-bond acceptors (Lipinski definition) is 3. The number of aliphatic carboxylic acids is 1. The molecule has 0 aliphatic carbocycles. The van der Waals surface area contributed by atoms with Crippen LogP contribution >= 0.6 is 0 Å². The second kappa shape index (κ2) is 7.85. The topological polar surface area (TPSA) is 66.8 Å². The Kier molecular flexibility index (Phi) is 6.14. The highest BCUT2D eigenvalue weighted by molar-refractivity contribution is 5.83. The Labute approximate surface area is 120 Å². The molecule has 0 aliphatic rings. The monoisotopic (exact) mass is 297 g/mol. The SMILES string of the molecule is C#CCN(CC(=O)O)C(=O)Cc1ccc(OC(F)F)cc1. The van der Waals surface area contributed by atoms with Crippen molar-refractivity contribution in [3.63, 3.8) is 0 Å². The van der Waals surface area contributed by atoms with Gasteiger partial charge in [-0.1, -0.05) is 18.1 Å². The number of halogens is 2. The van der Waals surface area contributed by atoms with Crippen LogP contribution < -0.4 is 4.74 Å². The zero-order chi connectivity index (χ0) is 15.8. The standard InChI is InChI=1S/C14H13F2NO4/c1-2-7-17(9-13(19)20)12(18)8-10-3-5-11(6-4-10)21-14(15)16/h1,3-6,14H,7-9H2,(H,19,20). The number of amides is 1. The molecule has 0 fully saturated rings. The Morgan fingerprint density at radius 1 is 1.33 bits per heavy atom. The third kappa shape index (κ3) is 5.91. The van der Waals surface area contributed by atoms with Gasteiger partial charge in [-0.3, -0.25) is 9.59 Å². The second-order valence-corrected chi connectivity index (χ2v) is 4.05. The fourth-order valence-corrected chi connectivity index (χ4v) is 1.58. The first kappa shape index (κ1) is 16.4. The van der Waals surface area contributed by atoms with E-state index in [2.05, 4.69) is 10.7 Å². The van der Waals surface area contributed by atoms with Gasteiger partial charge in [0.15, 0.2) is 0 Å². The molecule has 0 bridgehead atoms. The van der Waals surface area contributed by atoms with Crippen LogP contribution in [0.25, 0.3) is 0 Å². The number of rotatable bonds is 7. The first-order valence-corrected chi connectivity index (χ1v) is 5.89. The predicted octanol–water partition coefficient (Wildman–Crippen LogP) is 1.38. The van der Waals surface area contributed by atoms with Gasteiger partial charge in [0.25, 0.3) is 0 Å². The van der Waals surface area contributed by atoms with Crippen LogP contribution in [0.15, 0.2) is 24.3 Å². The molecule has 1 amide bonds. The van der Waals surface area contributed by atoms with Crippen LogP contribution in [0.1, 0.15) is 5.56 Å². The van der Waals surface area contributed by atoms with Crippen LogP contribution in [0, 0.1) is 12.3 Å². The molecule has 7 heteroatoms. The molecular formula is C14H13F2NO4. The molecule has 0 heterocycles. The zero-order valence-corrected chi connectivity index (χ0v) is 11.0. The number of terminal acetylenes is 1. The van der Waals surface area contributed by atoms with E-state index >= 15 is 0 Å². The van der Waals surface area contributed by atoms with Gasteiger partial charge in [0, 0.05) is 0 Å². The van der Waals surface area contributed by atoms with E-state index in [0.29, 0.717) is 5.56 Å². The quantitative estimate of drug-likeness (QED) is 0.772. The molecule has 1 N–H and O–H groups in total. The van der Waals surface area contributed by atoms with Crippen LogP contribution in [0.5, 0.6) is 5.75 Å². The Morgan fingerprint density at radius 2 is 1.95 bits per heavy atom. The minimum absolute atomic E-state index is 0.0211. The van der Waals surface area contributed by atoms with Gasteiger partial charge in [-0.05, 0) is 17.7 Å². The fourth-order valence-electron chi connectivity index (χ4n) is 1.58. The summed E-state index contributed by atoms with van der Waals surface area (Å²) in [6.45, 7) is -3.52. The van der Waals surface area contributed by atoms with Crippen molar-refractivity contribution in [3.05, 3.63) is 29.8 Å². The molecule has 0 aliphatic heterocycles. The summed E-state index contributed by atoms with van der Waals surface area (Å²) in [6.07, 6.45) is 5.00. The number of ether oxygens (including phenoxy) is 1. The summed E-state index contributed by atoms with van der Waals surface area (Å²) in [5, 5.41) is 8.70. The van der Waals surface area contributed by atoms with Crippen molar-refractivity contribution in [2.45, 2.75) is 13.0 Å². The van der Waals surface area contributed by atoms with E-state index in [1.165, 1.54) is 24.3 Å². The van der Waals surface area contributed by atoms with Crippen LogP contribution in [-0.2, 0) is 16.0 Å². The smallest absolute Gasteiger partial charge is 0.387 e. The third-order valence-electron chi connectivity index (χ3n) is 2.46. The Balaban J connectivity index is 2.68. The molecule has 1 rings (SSSR count). The van der Waals surface area contributed by atoms with Gasteiger partial charge in [0.05, 0.1) is 13.0 Å². The average Bonchev–Trinajstić information content (AvgIpc) is 2.39. The van der Waals surface area contributed by atoms with Gasteiger partial charge in [-0.2, -0.15) is 8.78 Å². The number of hydrogen-bond donors (Lipinski definition) is 1. The van der Waals surface area contributed by atoms with E-state index in [-0.39, 0.29) is 18.7 Å². The number of carboxylic acids is 1. The molecule has 1 aromatic carbocycles. The van der Waals surface area contributed by atoms with Crippen molar-refractivity contribution in [1.82, 2.24) is 4.90 Å². The maximum atomic E-state index is 12.0. The minimum atomic E-state index is -2.92. The normalized spacial score (nSPS) is 10.0. The molecule has 1 aromatic rings. The third-order valence-corrected chi connectivity index (χ3v) is 2.46. The van der Waals surface area contributed by atoms with Crippen LogP contribution in [0.3, 0.4) is 0 Å². The van der Waals surface area contributed by atoms with Crippen LogP contribution in [0.2, 0.25) is 0 Å². The van der Waals surface area contributed by atoms with Gasteiger partial charge in [0.2, 0.25) is 5.91 Å². The molecule has 0 aromatic heterocycles. The number of carbonyl (C=O) groups is 2. The summed E-state index contributed by atoms with van der Waals surface area (Å²) in [4.78, 5) is 23.6. The van der Waals surface area contributed by atoms with E-state index < -0.39 is 25.0 Å². The van der Waals surface area contributed by atoms with Crippen molar-refractivity contribution in [3.8, 4) is 18.1 Å². The minimum Gasteiger partial charge on any atom is -0.480 e. The van der Waals surface area contributed by atoms with Crippen LogP contribution in [-0.4, -0.2) is 41.6 Å². The van der Waals surface area contributed by atoms with Crippen molar-refractivity contribution < 1.29 is 28.2 Å². The maximum absolute atomic E-state index is 12.0. The summed E-state index contributed by atoms with van der Waals surface area (Å²) < 4.78 is 28.2. The first-order valence-electron chi connectivity index (χ1n) is 5.89. The van der Waals surface area contributed by atoms with E-state index in [1.807, 2.05) is 0 Å². The maximum Gasteiger partial charge on any atom is 0.387 e. The number of alkyl halides is 2. The van der Waals surface area contributed by atoms with Crippen LogP contribution in [0.4, 0.5) is 8.78 Å². The summed E-state index contributed by atoms with van der Waals surface area (Å²) in [7, 11) is 0. The molecule has 112 valence electrons. The highest BCUT2D eigenvalue weighted by Crippen LogP contribution is 2.15. The highest BCUT2D eigenvalue weighted by Gasteiger charge is 2.16. The van der Waals surface area contributed by atoms with E-state index in [0.717, 1.165) is 4.90 Å². The lowest BCUT2D eigenvalue weighted by molar-refractivity contribution is -0.143. The molecule has 21 heavy (non-hydrogen) atoms. The first-order chi connectivity index (χ1) is 9.92. The molecule has 0 radical (unpaired) electrons. The van der Waals surface area contributed by atoms with Gasteiger partial charge in [0.1, 0.15) is 12.3 Å². The summed E-state index contributed by atoms with van der Waals surface area (Å²) in [5.41, 5.74) is 0.536. The highest BCUT2D eigenvalue weighted by atomic mass is 19.3. The number of carbonyl (C=O) groups excluding carboxylic acids is 1. The van der Waals surface area contributed by atoms with E-state index in [4.69, 9.17) is 11.5 Å². The summed E-state index contributed by atoms with van der Waals surface area (Å²) >= 11 is 0. The Bertz CT molecular complexity index is 537. The van der Waals surface area contributed by atoms with Gasteiger partial charge >= 0.3 is 12.6 Å². The van der Waals surface area contributed by atoms with E-state index in [1.54, 1.807) is 0 Å². The van der Waals surface area contributed by atoms with Crippen molar-refractivity contribution in [2.75, 3.05) is 13.1 Å². The van der Waals surface area contributed by atoms with Crippen molar-refractivity contribution in [1.29, 1.82) is 0 Å². The number of benzene rings is 1. The largest absolute Gasteiger partial charge is 0.480 e. The van der Waals surface area contributed by atoms with Gasteiger partial charge in [-0.25, -0.2) is 0 Å². The predicted molar refractivity (Wildman–Crippen MR) is 69.8 cm³/mol. The molecule has 5 nitrogen and oxygen atoms in total. The molecule has 0 unspecified atom stereocenters. The average molecular weight is 297 g/mol. The molecule has 0 saturated carbocycles. The van der Waals surface area contributed by atoms with E-state index in [9.17, 15) is 18.4 Å². The van der Waals surface area contributed by atoms with Crippen molar-refractivity contribution >= 4 is 11.9 Å². The lowest BCUT2D eigenvalue weighted by atomic mass is 10.1. The lowest BCUT2D eigenvalue weighted by Gasteiger charge is -2.17. The molecule has 0 atom stereocenters. The molecular weight excluding hydrogens is 284 g/mol. The molecule has 0 spiro atoms. The second-order valence-electron chi connectivity index (χ2n) is 4.05. The number of carboxylic acid groups (broad SMARTS) is 1. The Morgan fingerprint density at radius 3 is 2.43 bits per heavy atom. The Hall–Kier alpha value is -2.62. The fraction of sp³-hybridized carbons (Fsp3) is 0.286. The van der Waals surface area contributed by atoms with Gasteiger partial charge < -0.3 is 14.7 Å². The van der Waals surface area contributed by atoms with Crippen molar-refractivity contribution in [2.24, 2.45) is 0 Å². The zero-order valence-electron chi connectivity index (χ0n) is 11.0. The number of nitrogens with zero attached hydrogens (tertiary/aromatic N) is 1. The summed E-state index contributed by atoms with van der Waals surface area (Å²) in [5.74, 6) is 0.560. The summed E-state index contributed by atoms with van der Waals surface area (Å²) in [6, 6.07) is 5.50. The van der Waals surface area contributed by atoms with Gasteiger partial charge in [-0.15, -0.1) is 6.42 Å². The lowest BCUT2D eigenvalue weighted by Crippen LogP contribution is -2.36.